The van der Waals surface area contributed by atoms with E-state index in [1.54, 1.807) is 10.9 Å². The van der Waals surface area contributed by atoms with E-state index < -0.39 is 0 Å². The molecule has 0 aliphatic carbocycles. The first-order chi connectivity index (χ1) is 4.75. The molecule has 0 saturated heterocycles. The van der Waals surface area contributed by atoms with Gasteiger partial charge in [-0.3, -0.25) is 4.68 Å². The maximum absolute atomic E-state index is 5.54. The van der Waals surface area contributed by atoms with E-state index in [1.807, 2.05) is 13.1 Å². The second-order valence-corrected chi connectivity index (χ2v) is 2.02. The van der Waals surface area contributed by atoms with Crippen LogP contribution in [0.15, 0.2) is 12.3 Å². The SMILES string of the molecule is C#CC(N)c1ccnn1C. The highest BCUT2D eigenvalue weighted by molar-refractivity contribution is 5.16. The van der Waals surface area contributed by atoms with Crippen LogP contribution in [-0.4, -0.2) is 9.78 Å². The van der Waals surface area contributed by atoms with E-state index in [0.29, 0.717) is 0 Å². The van der Waals surface area contributed by atoms with Gasteiger partial charge < -0.3 is 5.73 Å². The van der Waals surface area contributed by atoms with Crippen LogP contribution in [0, 0.1) is 12.3 Å². The van der Waals surface area contributed by atoms with Gasteiger partial charge in [0.2, 0.25) is 0 Å². The highest BCUT2D eigenvalue weighted by Crippen LogP contribution is 2.05. The van der Waals surface area contributed by atoms with Gasteiger partial charge in [0.1, 0.15) is 6.04 Å². The van der Waals surface area contributed by atoms with Gasteiger partial charge in [0.05, 0.1) is 5.69 Å². The molecule has 3 heteroatoms. The Morgan fingerprint density at radius 3 is 3.00 bits per heavy atom. The summed E-state index contributed by atoms with van der Waals surface area (Å²) in [5.41, 5.74) is 6.41. The summed E-state index contributed by atoms with van der Waals surface area (Å²) < 4.78 is 1.67. The summed E-state index contributed by atoms with van der Waals surface area (Å²) >= 11 is 0. The molecule has 0 bridgehead atoms. The molecule has 1 unspecified atom stereocenters. The lowest BCUT2D eigenvalue weighted by atomic mass is 10.2. The Kier molecular flexibility index (Phi) is 1.74. The third-order valence-corrected chi connectivity index (χ3v) is 1.36. The molecule has 3 nitrogen and oxygen atoms in total. The molecule has 52 valence electrons. The molecule has 0 aliphatic heterocycles. The summed E-state index contributed by atoms with van der Waals surface area (Å²) in [7, 11) is 1.81. The number of hydrogen-bond acceptors (Lipinski definition) is 2. The molecule has 0 fully saturated rings. The maximum atomic E-state index is 5.54. The van der Waals surface area contributed by atoms with Crippen LogP contribution in [0.4, 0.5) is 0 Å². The molecular formula is C7H9N3. The molecule has 10 heavy (non-hydrogen) atoms. The average molecular weight is 135 g/mol. The van der Waals surface area contributed by atoms with Gasteiger partial charge in [0, 0.05) is 13.2 Å². The fourth-order valence-corrected chi connectivity index (χ4v) is 0.775. The van der Waals surface area contributed by atoms with E-state index >= 15 is 0 Å². The fraction of sp³-hybridized carbons (Fsp3) is 0.286. The van der Waals surface area contributed by atoms with Crippen molar-refractivity contribution in [3.63, 3.8) is 0 Å². The summed E-state index contributed by atoms with van der Waals surface area (Å²) in [5, 5.41) is 3.93. The van der Waals surface area contributed by atoms with Gasteiger partial charge >= 0.3 is 0 Å². The van der Waals surface area contributed by atoms with Crippen molar-refractivity contribution in [2.45, 2.75) is 6.04 Å². The first kappa shape index (κ1) is 6.84. The minimum Gasteiger partial charge on any atom is -0.313 e. The number of nitrogens with zero attached hydrogens (tertiary/aromatic N) is 2. The lowest BCUT2D eigenvalue weighted by molar-refractivity contribution is 0.690. The Labute approximate surface area is 59.8 Å². The minimum absolute atomic E-state index is 0.340. The van der Waals surface area contributed by atoms with Crippen molar-refractivity contribution in [1.29, 1.82) is 0 Å². The first-order valence-corrected chi connectivity index (χ1v) is 2.95. The van der Waals surface area contributed by atoms with E-state index in [0.717, 1.165) is 5.69 Å². The largest absolute Gasteiger partial charge is 0.313 e. The zero-order chi connectivity index (χ0) is 7.56. The van der Waals surface area contributed by atoms with Gasteiger partial charge in [-0.15, -0.1) is 6.42 Å². The van der Waals surface area contributed by atoms with Crippen LogP contribution in [0.5, 0.6) is 0 Å². The van der Waals surface area contributed by atoms with Crippen molar-refractivity contribution in [1.82, 2.24) is 9.78 Å². The zero-order valence-corrected chi connectivity index (χ0v) is 5.78. The van der Waals surface area contributed by atoms with Gasteiger partial charge in [0.25, 0.3) is 0 Å². The number of hydrogen-bond donors (Lipinski definition) is 1. The summed E-state index contributed by atoms with van der Waals surface area (Å²) in [6, 6.07) is 1.47. The van der Waals surface area contributed by atoms with Gasteiger partial charge in [-0.1, -0.05) is 5.92 Å². The Hall–Kier alpha value is -1.27. The third kappa shape index (κ3) is 1.02. The minimum atomic E-state index is -0.340. The molecule has 1 aromatic rings. The molecular weight excluding hydrogens is 126 g/mol. The van der Waals surface area contributed by atoms with Crippen LogP contribution in [0.25, 0.3) is 0 Å². The lowest BCUT2D eigenvalue weighted by Crippen LogP contribution is -2.12. The number of aryl methyl sites for hydroxylation is 1. The van der Waals surface area contributed by atoms with E-state index in [2.05, 4.69) is 11.0 Å². The zero-order valence-electron chi connectivity index (χ0n) is 5.78. The van der Waals surface area contributed by atoms with Crippen LogP contribution in [0.1, 0.15) is 11.7 Å². The van der Waals surface area contributed by atoms with Crippen molar-refractivity contribution >= 4 is 0 Å². The van der Waals surface area contributed by atoms with Gasteiger partial charge in [-0.2, -0.15) is 5.10 Å². The second-order valence-electron chi connectivity index (χ2n) is 2.02. The van der Waals surface area contributed by atoms with Crippen molar-refractivity contribution in [3.8, 4) is 12.3 Å². The van der Waals surface area contributed by atoms with E-state index in [9.17, 15) is 0 Å². The maximum Gasteiger partial charge on any atom is 0.109 e. The lowest BCUT2D eigenvalue weighted by Gasteiger charge is -2.02. The smallest absolute Gasteiger partial charge is 0.109 e. The standard InChI is InChI=1S/C7H9N3/c1-3-6(8)7-4-5-9-10(7)2/h1,4-6H,8H2,2H3. The van der Waals surface area contributed by atoms with Crippen molar-refractivity contribution < 1.29 is 0 Å². The third-order valence-electron chi connectivity index (χ3n) is 1.36. The number of rotatable bonds is 1. The van der Waals surface area contributed by atoms with E-state index in [-0.39, 0.29) is 6.04 Å². The molecule has 1 aromatic heterocycles. The summed E-state index contributed by atoms with van der Waals surface area (Å²) in [4.78, 5) is 0. The van der Waals surface area contributed by atoms with Crippen LogP contribution in [0.2, 0.25) is 0 Å². The average Bonchev–Trinajstić information content (AvgIpc) is 2.34. The Balaban J connectivity index is 2.96. The quantitative estimate of drug-likeness (QED) is 0.553. The van der Waals surface area contributed by atoms with Crippen LogP contribution < -0.4 is 5.73 Å². The molecule has 1 atom stereocenters. The molecule has 0 aromatic carbocycles. The summed E-state index contributed by atoms with van der Waals surface area (Å²) in [6.45, 7) is 0. The summed E-state index contributed by atoms with van der Waals surface area (Å²) in [5.74, 6) is 2.43. The van der Waals surface area contributed by atoms with Crippen molar-refractivity contribution in [2.75, 3.05) is 0 Å². The Morgan fingerprint density at radius 2 is 2.60 bits per heavy atom. The second kappa shape index (κ2) is 2.54. The predicted molar refractivity (Wildman–Crippen MR) is 39.0 cm³/mol. The monoisotopic (exact) mass is 135 g/mol. The molecule has 0 aliphatic rings. The van der Waals surface area contributed by atoms with E-state index in [1.165, 1.54) is 0 Å². The van der Waals surface area contributed by atoms with Crippen LogP contribution in [0.3, 0.4) is 0 Å². The normalized spacial score (nSPS) is 12.5. The molecule has 0 spiro atoms. The number of terminal acetylenes is 1. The molecule has 1 rings (SSSR count). The Bertz CT molecular complexity index is 256. The van der Waals surface area contributed by atoms with Crippen molar-refractivity contribution in [2.24, 2.45) is 12.8 Å². The van der Waals surface area contributed by atoms with Gasteiger partial charge in [-0.05, 0) is 6.07 Å². The van der Waals surface area contributed by atoms with Gasteiger partial charge in [0.15, 0.2) is 0 Å². The highest BCUT2D eigenvalue weighted by atomic mass is 15.3. The van der Waals surface area contributed by atoms with Crippen LogP contribution in [-0.2, 0) is 7.05 Å². The topological polar surface area (TPSA) is 43.8 Å². The summed E-state index contributed by atoms with van der Waals surface area (Å²) in [6.07, 6.45) is 6.79. The highest BCUT2D eigenvalue weighted by Gasteiger charge is 2.04. The fourth-order valence-electron chi connectivity index (χ4n) is 0.775. The molecule has 0 radical (unpaired) electrons. The van der Waals surface area contributed by atoms with Crippen LogP contribution >= 0.6 is 0 Å². The Morgan fingerprint density at radius 1 is 1.90 bits per heavy atom. The van der Waals surface area contributed by atoms with E-state index in [4.69, 9.17) is 12.2 Å². The van der Waals surface area contributed by atoms with Gasteiger partial charge in [-0.25, -0.2) is 0 Å². The molecule has 2 N–H and O–H groups in total. The molecule has 0 amide bonds. The number of aromatic nitrogens is 2. The molecule has 0 saturated carbocycles. The van der Waals surface area contributed by atoms with Crippen molar-refractivity contribution in [3.05, 3.63) is 18.0 Å². The predicted octanol–water partition coefficient (Wildman–Crippen LogP) is 0.0531. The number of nitrogens with two attached hydrogens (primary N) is 1. The first-order valence-electron chi connectivity index (χ1n) is 2.95. The molecule has 1 heterocycles.